The Hall–Kier alpha value is -4.11. The third-order valence-electron chi connectivity index (χ3n) is 5.71. The van der Waals surface area contributed by atoms with Gasteiger partial charge in [0.15, 0.2) is 11.0 Å². The van der Waals surface area contributed by atoms with Gasteiger partial charge in [-0.15, -0.1) is 16.8 Å². The van der Waals surface area contributed by atoms with Gasteiger partial charge >= 0.3 is 0 Å². The summed E-state index contributed by atoms with van der Waals surface area (Å²) in [7, 11) is 1.60. The van der Waals surface area contributed by atoms with E-state index in [1.54, 1.807) is 13.2 Å². The van der Waals surface area contributed by atoms with Crippen molar-refractivity contribution in [3.63, 3.8) is 0 Å². The first-order valence-electron chi connectivity index (χ1n) is 11.8. The molecule has 0 fully saturated rings. The van der Waals surface area contributed by atoms with Crippen LogP contribution in [0.4, 0.5) is 5.69 Å². The van der Waals surface area contributed by atoms with Crippen LogP contribution in [0.25, 0.3) is 10.8 Å². The zero-order chi connectivity index (χ0) is 26.2. The molecular weight excluding hydrogens is 486 g/mol. The molecule has 1 heterocycles. The first-order chi connectivity index (χ1) is 18.0. The average Bonchev–Trinajstić information content (AvgIpc) is 3.30. The molecule has 0 unspecified atom stereocenters. The van der Waals surface area contributed by atoms with Gasteiger partial charge in [0.05, 0.1) is 25.3 Å². The van der Waals surface area contributed by atoms with E-state index in [9.17, 15) is 9.59 Å². The number of benzene rings is 3. The lowest BCUT2D eigenvalue weighted by Gasteiger charge is -2.15. The van der Waals surface area contributed by atoms with Gasteiger partial charge in [0.2, 0.25) is 11.8 Å². The minimum Gasteiger partial charge on any atom is -0.497 e. The van der Waals surface area contributed by atoms with Crippen LogP contribution in [0.2, 0.25) is 0 Å². The second kappa shape index (κ2) is 12.2. The van der Waals surface area contributed by atoms with E-state index < -0.39 is 0 Å². The Morgan fingerprint density at radius 1 is 1.05 bits per heavy atom. The fraction of sp³-hybridized carbons (Fsp3) is 0.214. The molecule has 0 bridgehead atoms. The lowest BCUT2D eigenvalue weighted by atomic mass is 10.1. The third-order valence-corrected chi connectivity index (χ3v) is 6.68. The molecule has 3 aromatic carbocycles. The predicted octanol–water partition coefficient (Wildman–Crippen LogP) is 4.78. The van der Waals surface area contributed by atoms with Crippen LogP contribution in [0.5, 0.6) is 5.75 Å². The summed E-state index contributed by atoms with van der Waals surface area (Å²) in [5, 5.41) is 17.2. The Bertz CT molecular complexity index is 1400. The van der Waals surface area contributed by atoms with Gasteiger partial charge in [0.1, 0.15) is 5.75 Å². The monoisotopic (exact) mass is 515 g/mol. The quantitative estimate of drug-likeness (QED) is 0.220. The highest BCUT2D eigenvalue weighted by Gasteiger charge is 2.20. The van der Waals surface area contributed by atoms with E-state index in [4.69, 9.17) is 4.74 Å². The molecule has 1 atom stereocenters. The van der Waals surface area contributed by atoms with Crippen LogP contribution < -0.4 is 15.4 Å². The lowest BCUT2D eigenvalue weighted by molar-refractivity contribution is -0.121. The summed E-state index contributed by atoms with van der Waals surface area (Å²) in [5.74, 6) is 1.23. The molecule has 2 N–H and O–H groups in total. The summed E-state index contributed by atoms with van der Waals surface area (Å²) < 4.78 is 7.02. The van der Waals surface area contributed by atoms with E-state index in [0.717, 1.165) is 27.8 Å². The number of nitrogens with one attached hydrogen (secondary N) is 2. The summed E-state index contributed by atoms with van der Waals surface area (Å²) >= 11 is 1.29. The van der Waals surface area contributed by atoms with E-state index in [0.29, 0.717) is 17.5 Å². The number of carbonyl (C=O) groups excluding carboxylic acids is 2. The van der Waals surface area contributed by atoms with Crippen LogP contribution in [0.3, 0.4) is 0 Å². The maximum Gasteiger partial charge on any atom is 0.234 e. The van der Waals surface area contributed by atoms with Crippen molar-refractivity contribution in [2.45, 2.75) is 31.1 Å². The Kier molecular flexibility index (Phi) is 8.58. The molecule has 37 heavy (non-hydrogen) atoms. The fourth-order valence-corrected chi connectivity index (χ4v) is 4.66. The zero-order valence-corrected chi connectivity index (χ0v) is 21.6. The second-order valence-corrected chi connectivity index (χ2v) is 9.40. The van der Waals surface area contributed by atoms with E-state index in [1.807, 2.05) is 78.2 Å². The number of amides is 2. The van der Waals surface area contributed by atoms with Crippen molar-refractivity contribution in [3.8, 4) is 5.75 Å². The highest BCUT2D eigenvalue weighted by atomic mass is 32.2. The summed E-state index contributed by atoms with van der Waals surface area (Å²) in [5.41, 5.74) is 1.62. The number of carbonyl (C=O) groups is 2. The summed E-state index contributed by atoms with van der Waals surface area (Å²) in [6, 6.07) is 20.8. The van der Waals surface area contributed by atoms with Crippen LogP contribution >= 0.6 is 11.8 Å². The number of hydrogen-bond donors (Lipinski definition) is 2. The number of aromatic nitrogens is 3. The molecule has 1 aromatic heterocycles. The maximum atomic E-state index is 12.6. The summed E-state index contributed by atoms with van der Waals surface area (Å²) in [6.45, 7) is 6.13. The van der Waals surface area contributed by atoms with Gasteiger partial charge in [-0.3, -0.25) is 9.59 Å². The molecule has 0 radical (unpaired) electrons. The number of rotatable bonds is 11. The number of methoxy groups -OCH3 is 1. The van der Waals surface area contributed by atoms with Gasteiger partial charge in [-0.05, 0) is 47.5 Å². The predicted molar refractivity (Wildman–Crippen MR) is 147 cm³/mol. The molecule has 4 aromatic rings. The third kappa shape index (κ3) is 6.77. The van der Waals surface area contributed by atoms with Crippen molar-refractivity contribution in [2.24, 2.45) is 0 Å². The van der Waals surface area contributed by atoms with Gasteiger partial charge < -0.3 is 19.9 Å². The smallest absolute Gasteiger partial charge is 0.234 e. The molecule has 0 aliphatic heterocycles. The molecule has 0 spiro atoms. The number of fused-ring (bicyclic) bond motifs is 1. The number of hydrogen-bond acceptors (Lipinski definition) is 6. The normalized spacial score (nSPS) is 11.6. The molecular formula is C28H29N5O3S. The Balaban J connectivity index is 1.36. The summed E-state index contributed by atoms with van der Waals surface area (Å²) in [4.78, 5) is 25.2. The standard InChI is InChI=1S/C28H29N5O3S/c1-4-15-33-27(19(2)29-25(34)16-20-9-13-24(36-3)14-10-20)31-32-28(33)37-18-26(35)30-23-12-11-21-7-5-6-8-22(21)17-23/h4-14,17,19H,1,15-16,18H2,2-3H3,(H,29,34)(H,30,35)/t19-/m1/s1. The van der Waals surface area contributed by atoms with Crippen LogP contribution in [-0.4, -0.2) is 39.4 Å². The number of nitrogens with zero attached hydrogens (tertiary/aromatic N) is 3. The van der Waals surface area contributed by atoms with Gasteiger partial charge in [-0.25, -0.2) is 0 Å². The van der Waals surface area contributed by atoms with Crippen LogP contribution in [0.15, 0.2) is 84.5 Å². The molecule has 0 saturated carbocycles. The molecule has 0 aliphatic rings. The minimum absolute atomic E-state index is 0.130. The highest BCUT2D eigenvalue weighted by molar-refractivity contribution is 7.99. The van der Waals surface area contributed by atoms with Crippen molar-refractivity contribution >= 4 is 40.0 Å². The second-order valence-electron chi connectivity index (χ2n) is 8.45. The maximum absolute atomic E-state index is 12.6. The molecule has 4 rings (SSSR count). The molecule has 190 valence electrons. The Labute approximate surface area is 220 Å². The summed E-state index contributed by atoms with van der Waals surface area (Å²) in [6.07, 6.45) is 1.97. The van der Waals surface area contributed by atoms with Crippen molar-refractivity contribution in [2.75, 3.05) is 18.2 Å². The van der Waals surface area contributed by atoms with Crippen molar-refractivity contribution in [1.29, 1.82) is 0 Å². The molecule has 8 nitrogen and oxygen atoms in total. The van der Waals surface area contributed by atoms with E-state index >= 15 is 0 Å². The first kappa shape index (κ1) is 26.0. The first-order valence-corrected chi connectivity index (χ1v) is 12.8. The highest BCUT2D eigenvalue weighted by Crippen LogP contribution is 2.23. The van der Waals surface area contributed by atoms with Crippen LogP contribution in [-0.2, 0) is 22.6 Å². The largest absolute Gasteiger partial charge is 0.497 e. The molecule has 0 aliphatic carbocycles. The molecule has 0 saturated heterocycles. The minimum atomic E-state index is -0.376. The topological polar surface area (TPSA) is 98.1 Å². The Morgan fingerprint density at radius 3 is 2.54 bits per heavy atom. The van der Waals surface area contributed by atoms with E-state index in [2.05, 4.69) is 27.4 Å². The van der Waals surface area contributed by atoms with Gasteiger partial charge in [0.25, 0.3) is 0 Å². The van der Waals surface area contributed by atoms with Crippen molar-refractivity contribution in [1.82, 2.24) is 20.1 Å². The van der Waals surface area contributed by atoms with Crippen molar-refractivity contribution in [3.05, 3.63) is 90.8 Å². The van der Waals surface area contributed by atoms with Gasteiger partial charge in [-0.2, -0.15) is 0 Å². The molecule has 9 heteroatoms. The van der Waals surface area contributed by atoms with Gasteiger partial charge in [-0.1, -0.05) is 60.3 Å². The number of anilines is 1. The average molecular weight is 516 g/mol. The van der Waals surface area contributed by atoms with Crippen molar-refractivity contribution < 1.29 is 14.3 Å². The number of allylic oxidation sites excluding steroid dienone is 1. The lowest BCUT2D eigenvalue weighted by Crippen LogP contribution is -2.30. The van der Waals surface area contributed by atoms with Crippen LogP contribution in [0, 0.1) is 0 Å². The van der Waals surface area contributed by atoms with E-state index in [-0.39, 0.29) is 30.0 Å². The SMILES string of the molecule is C=CCn1c(SCC(=O)Nc2ccc3ccccc3c2)nnc1[C@@H](C)NC(=O)Cc1ccc(OC)cc1. The number of ether oxygens (including phenoxy) is 1. The Morgan fingerprint density at radius 2 is 1.81 bits per heavy atom. The van der Waals surface area contributed by atoms with Gasteiger partial charge in [0, 0.05) is 12.2 Å². The molecule has 2 amide bonds. The van der Waals surface area contributed by atoms with E-state index in [1.165, 1.54) is 11.8 Å². The number of thioether (sulfide) groups is 1. The zero-order valence-electron chi connectivity index (χ0n) is 20.8. The fourth-order valence-electron chi connectivity index (χ4n) is 3.91. The van der Waals surface area contributed by atoms with Crippen LogP contribution in [0.1, 0.15) is 24.4 Å².